The minimum atomic E-state index is -2.37. The quantitative estimate of drug-likeness (QED) is 0.0264. The molecular weight excluding hydrogens is 614 g/mol. The van der Waals surface area contributed by atoms with E-state index in [4.69, 9.17) is 44.8 Å². The fourth-order valence-corrected chi connectivity index (χ4v) is 8.30. The maximum absolute atomic E-state index is 5.93. The minimum absolute atomic E-state index is 0.829. The molecule has 0 rings (SSSR count). The van der Waals surface area contributed by atoms with Crippen molar-refractivity contribution in [1.82, 2.24) is 0 Å². The van der Waals surface area contributed by atoms with Crippen LogP contribution in [0.2, 0.25) is 6.04 Å². The number of unbranched alkanes of at least 4 members (excludes halogenated alkanes) is 34. The van der Waals surface area contributed by atoms with Crippen LogP contribution in [0.25, 0.3) is 0 Å². The van der Waals surface area contributed by atoms with E-state index in [1.807, 2.05) is 0 Å². The summed E-state index contributed by atoms with van der Waals surface area (Å²) in [7, 11) is 0. The molecule has 0 bridgehead atoms. The normalized spacial score (nSPS) is 12.0. The summed E-state index contributed by atoms with van der Waals surface area (Å²) in [6.45, 7) is 0. The van der Waals surface area contributed by atoms with Gasteiger partial charge in [-0.05, 0) is 12.5 Å². The van der Waals surface area contributed by atoms with E-state index in [-0.39, 0.29) is 0 Å². The molecule has 5 heteroatoms. The Hall–Kier alpha value is 1.38. The van der Waals surface area contributed by atoms with Crippen LogP contribution in [0.5, 0.6) is 0 Å². The molecular formula is C37H74Cl4Si. The highest BCUT2D eigenvalue weighted by Crippen LogP contribution is 2.27. The molecule has 0 aromatic carbocycles. The molecule has 0 amide bonds. The summed E-state index contributed by atoms with van der Waals surface area (Å²) < 4.78 is 0. The fourth-order valence-electron chi connectivity index (χ4n) is 6.25. The summed E-state index contributed by atoms with van der Waals surface area (Å²) in [6.07, 6.45) is 49.8. The fraction of sp³-hybridized carbons (Fsp3) is 1.00. The van der Waals surface area contributed by atoms with Crippen molar-refractivity contribution in [3.8, 4) is 0 Å². The first-order chi connectivity index (χ1) is 20.6. The summed E-state index contributed by atoms with van der Waals surface area (Å²) in [5, 5.41) is 0. The van der Waals surface area contributed by atoms with Crippen molar-refractivity contribution >= 4 is 50.8 Å². The Morgan fingerprint density at radius 1 is 0.214 bits per heavy atom. The maximum Gasteiger partial charge on any atom is 0.341 e. The second kappa shape index (κ2) is 36.8. The van der Waals surface area contributed by atoms with Gasteiger partial charge in [-0.2, -0.15) is 0 Å². The number of rotatable bonds is 37. The summed E-state index contributed by atoms with van der Waals surface area (Å²) in [6, 6.07) is -1.54. The molecule has 42 heavy (non-hydrogen) atoms. The van der Waals surface area contributed by atoms with E-state index < -0.39 is 6.00 Å². The Kier molecular flexibility index (Phi) is 38.0. The lowest BCUT2D eigenvalue weighted by molar-refractivity contribution is 0.511. The Bertz CT molecular complexity index is 483. The lowest BCUT2D eigenvalue weighted by Gasteiger charge is -2.07. The van der Waals surface area contributed by atoms with E-state index in [9.17, 15) is 0 Å². The van der Waals surface area contributed by atoms with Gasteiger partial charge in [0.1, 0.15) is 0 Å². The number of hydrogen-bond acceptors (Lipinski definition) is 0. The van der Waals surface area contributed by atoms with Gasteiger partial charge >= 0.3 is 6.00 Å². The third-order valence-corrected chi connectivity index (χ3v) is 12.0. The Labute approximate surface area is 286 Å². The standard InChI is InChI=1S/C37H74Cl4Si/c38-36-34-32-30-28-26-24-22-20-18-16-14-12-10-8-6-4-2-1-3-5-7-9-11-13-15-17-19-21-23-25-27-29-31-33-35-37-42(39,40)41/h1-37H2. The molecule has 0 nitrogen and oxygen atoms in total. The van der Waals surface area contributed by atoms with Gasteiger partial charge in [-0.3, -0.25) is 0 Å². The second-order valence-electron chi connectivity index (χ2n) is 13.4. The molecule has 0 aliphatic carbocycles. The van der Waals surface area contributed by atoms with Gasteiger partial charge in [0.2, 0.25) is 0 Å². The lowest BCUT2D eigenvalue weighted by Crippen LogP contribution is -2.07. The monoisotopic (exact) mass is 686 g/mol. The molecule has 0 radical (unpaired) electrons. The highest BCUT2D eigenvalue weighted by atomic mass is 35.8. The molecule has 0 aromatic heterocycles. The van der Waals surface area contributed by atoms with Gasteiger partial charge in [-0.25, -0.2) is 0 Å². The van der Waals surface area contributed by atoms with E-state index in [1.165, 1.54) is 218 Å². The van der Waals surface area contributed by atoms with Gasteiger partial charge in [0.05, 0.1) is 0 Å². The third-order valence-electron chi connectivity index (χ3n) is 9.09. The molecule has 0 aliphatic rings. The summed E-state index contributed by atoms with van der Waals surface area (Å²) >= 11 is 23.5. The van der Waals surface area contributed by atoms with E-state index in [0.717, 1.165) is 18.3 Å². The van der Waals surface area contributed by atoms with Crippen LogP contribution in [0, 0.1) is 0 Å². The van der Waals surface area contributed by atoms with Crippen LogP contribution in [0.3, 0.4) is 0 Å². The van der Waals surface area contributed by atoms with E-state index in [1.54, 1.807) is 0 Å². The molecule has 0 aliphatic heterocycles. The molecule has 0 saturated heterocycles. The van der Waals surface area contributed by atoms with Crippen molar-refractivity contribution < 1.29 is 0 Å². The van der Waals surface area contributed by atoms with Crippen molar-refractivity contribution in [3.05, 3.63) is 0 Å². The summed E-state index contributed by atoms with van der Waals surface area (Å²) in [5.74, 6) is 0.843. The van der Waals surface area contributed by atoms with Gasteiger partial charge in [-0.15, -0.1) is 44.8 Å². The van der Waals surface area contributed by atoms with E-state index in [0.29, 0.717) is 0 Å². The molecule has 0 N–H and O–H groups in total. The number of alkyl halides is 1. The Morgan fingerprint density at radius 3 is 0.500 bits per heavy atom. The molecule has 0 atom stereocenters. The second-order valence-corrected chi connectivity index (χ2v) is 23.1. The van der Waals surface area contributed by atoms with Crippen LogP contribution in [0.1, 0.15) is 225 Å². The van der Waals surface area contributed by atoms with Crippen LogP contribution >= 0.6 is 44.8 Å². The molecule has 0 unspecified atom stereocenters. The Morgan fingerprint density at radius 2 is 0.357 bits per heavy atom. The number of halogens is 4. The zero-order valence-corrected chi connectivity index (χ0v) is 32.2. The zero-order valence-electron chi connectivity index (χ0n) is 28.2. The first-order valence-electron chi connectivity index (χ1n) is 19.2. The SMILES string of the molecule is ClCCCCCCCCCCCCCCCCCCCCCCCCCCCCCCCCCCCCC[Si](Cl)(Cl)Cl. The molecule has 0 spiro atoms. The maximum atomic E-state index is 5.93. The highest BCUT2D eigenvalue weighted by Gasteiger charge is 2.23. The first kappa shape index (κ1) is 43.4. The van der Waals surface area contributed by atoms with Gasteiger partial charge in [0.25, 0.3) is 0 Å². The molecule has 0 heterocycles. The predicted molar refractivity (Wildman–Crippen MR) is 200 cm³/mol. The van der Waals surface area contributed by atoms with Crippen LogP contribution in [-0.4, -0.2) is 11.9 Å². The van der Waals surface area contributed by atoms with Crippen molar-refractivity contribution in [3.63, 3.8) is 0 Å². The van der Waals surface area contributed by atoms with Crippen LogP contribution < -0.4 is 0 Å². The molecule has 0 saturated carbocycles. The lowest BCUT2D eigenvalue weighted by atomic mass is 10.0. The van der Waals surface area contributed by atoms with Crippen molar-refractivity contribution in [1.29, 1.82) is 0 Å². The van der Waals surface area contributed by atoms with Crippen molar-refractivity contribution in [2.45, 2.75) is 231 Å². The largest absolute Gasteiger partial charge is 0.341 e. The smallest absolute Gasteiger partial charge is 0.127 e. The van der Waals surface area contributed by atoms with Gasteiger partial charge in [0.15, 0.2) is 0 Å². The van der Waals surface area contributed by atoms with Gasteiger partial charge < -0.3 is 0 Å². The Balaban J connectivity index is 3.04. The molecule has 0 fully saturated rings. The summed E-state index contributed by atoms with van der Waals surface area (Å²) in [5.41, 5.74) is 0. The minimum Gasteiger partial charge on any atom is -0.127 e. The topological polar surface area (TPSA) is 0 Å². The van der Waals surface area contributed by atoms with Crippen LogP contribution in [0.15, 0.2) is 0 Å². The highest BCUT2D eigenvalue weighted by molar-refractivity contribution is 7.64. The van der Waals surface area contributed by atoms with Crippen LogP contribution in [0.4, 0.5) is 0 Å². The number of hydrogen-bond donors (Lipinski definition) is 0. The van der Waals surface area contributed by atoms with E-state index in [2.05, 4.69) is 0 Å². The third kappa shape index (κ3) is 41.4. The van der Waals surface area contributed by atoms with Crippen molar-refractivity contribution in [2.75, 3.05) is 5.88 Å². The molecule has 0 aromatic rings. The van der Waals surface area contributed by atoms with Gasteiger partial charge in [0, 0.05) is 5.88 Å². The van der Waals surface area contributed by atoms with Crippen LogP contribution in [-0.2, 0) is 0 Å². The zero-order chi connectivity index (χ0) is 30.7. The molecule has 254 valence electrons. The average molecular weight is 689 g/mol. The summed E-state index contributed by atoms with van der Waals surface area (Å²) in [4.78, 5) is 0. The first-order valence-corrected chi connectivity index (χ1v) is 25.0. The predicted octanol–water partition coefficient (Wildman–Crippen LogP) is 16.5. The average Bonchev–Trinajstić information content (AvgIpc) is 2.96. The van der Waals surface area contributed by atoms with Crippen molar-refractivity contribution in [2.24, 2.45) is 0 Å². The van der Waals surface area contributed by atoms with Gasteiger partial charge in [-0.1, -0.05) is 218 Å². The van der Waals surface area contributed by atoms with E-state index >= 15 is 0 Å².